The second-order valence-corrected chi connectivity index (χ2v) is 3.92. The van der Waals surface area contributed by atoms with E-state index in [1.54, 1.807) is 10.9 Å². The number of rotatable bonds is 4. The van der Waals surface area contributed by atoms with Crippen LogP contribution in [0.2, 0.25) is 0 Å². The summed E-state index contributed by atoms with van der Waals surface area (Å²) in [6, 6.07) is 1.93. The quantitative estimate of drug-likeness (QED) is 0.491. The van der Waals surface area contributed by atoms with Gasteiger partial charge in [0.05, 0.1) is 12.2 Å². The summed E-state index contributed by atoms with van der Waals surface area (Å²) in [6.45, 7) is 5.66. The molecule has 6 heteroatoms. The van der Waals surface area contributed by atoms with Crippen LogP contribution in [-0.2, 0) is 13.6 Å². The van der Waals surface area contributed by atoms with Crippen LogP contribution >= 0.6 is 24.0 Å². The summed E-state index contributed by atoms with van der Waals surface area (Å²) in [7, 11) is 1.89. The Balaban J connectivity index is 0.00000225. The van der Waals surface area contributed by atoms with Crippen molar-refractivity contribution in [2.75, 3.05) is 6.54 Å². The van der Waals surface area contributed by atoms with E-state index >= 15 is 0 Å². The minimum absolute atomic E-state index is 0. The number of aryl methyl sites for hydroxylation is 1. The van der Waals surface area contributed by atoms with Crippen molar-refractivity contribution in [1.82, 2.24) is 15.1 Å². The molecule has 0 aliphatic heterocycles. The molecule has 3 N–H and O–H groups in total. The Morgan fingerprint density at radius 3 is 2.81 bits per heavy atom. The number of nitrogens with two attached hydrogens (primary N) is 1. The molecule has 0 aromatic carbocycles. The maximum atomic E-state index is 5.70. The molecule has 1 rings (SSSR count). The predicted molar refractivity (Wildman–Crippen MR) is 76.8 cm³/mol. The third-order valence-electron chi connectivity index (χ3n) is 2.03. The molecular weight excluding hydrogens is 317 g/mol. The molecule has 92 valence electrons. The van der Waals surface area contributed by atoms with Gasteiger partial charge in [0, 0.05) is 19.8 Å². The monoisotopic (exact) mass is 337 g/mol. The molecular formula is C10H20IN5. The Hall–Kier alpha value is -0.790. The fourth-order valence-electron chi connectivity index (χ4n) is 1.09. The number of halogens is 1. The van der Waals surface area contributed by atoms with Crippen molar-refractivity contribution in [3.8, 4) is 0 Å². The first-order valence-corrected chi connectivity index (χ1v) is 5.10. The van der Waals surface area contributed by atoms with Crippen molar-refractivity contribution in [2.45, 2.75) is 20.4 Å². The molecule has 0 fully saturated rings. The summed E-state index contributed by atoms with van der Waals surface area (Å²) in [4.78, 5) is 4.22. The average molecular weight is 337 g/mol. The van der Waals surface area contributed by atoms with Gasteiger partial charge in [-0.15, -0.1) is 24.0 Å². The van der Waals surface area contributed by atoms with E-state index in [-0.39, 0.29) is 24.0 Å². The topological polar surface area (TPSA) is 68.2 Å². The van der Waals surface area contributed by atoms with Crippen LogP contribution in [0.15, 0.2) is 17.3 Å². The highest BCUT2D eigenvalue weighted by molar-refractivity contribution is 14.0. The molecule has 0 saturated heterocycles. The first-order valence-electron chi connectivity index (χ1n) is 5.10. The van der Waals surface area contributed by atoms with E-state index in [1.807, 2.05) is 13.1 Å². The summed E-state index contributed by atoms with van der Waals surface area (Å²) in [5.74, 6) is 1.06. The molecule has 16 heavy (non-hydrogen) atoms. The van der Waals surface area contributed by atoms with Gasteiger partial charge in [0.2, 0.25) is 0 Å². The van der Waals surface area contributed by atoms with Crippen molar-refractivity contribution in [2.24, 2.45) is 23.7 Å². The standard InChI is InChI=1S/C10H19N5.HI/c1-8(2)6-12-10(11)13-7-9-4-5-14-15(9)3;/h4-5,8H,6-7H2,1-3H3,(H3,11,12,13);1H. The summed E-state index contributed by atoms with van der Waals surface area (Å²) in [5.41, 5.74) is 6.74. The second kappa shape index (κ2) is 7.48. The predicted octanol–water partition coefficient (Wildman–Crippen LogP) is 1.10. The number of hydrogen-bond donors (Lipinski definition) is 2. The van der Waals surface area contributed by atoms with E-state index < -0.39 is 0 Å². The first-order chi connectivity index (χ1) is 7.09. The van der Waals surface area contributed by atoms with Crippen LogP contribution in [-0.4, -0.2) is 22.3 Å². The minimum Gasteiger partial charge on any atom is -0.370 e. The third-order valence-corrected chi connectivity index (χ3v) is 2.03. The number of aromatic nitrogens is 2. The fourth-order valence-corrected chi connectivity index (χ4v) is 1.09. The molecule has 0 saturated carbocycles. The number of nitrogens with one attached hydrogen (secondary N) is 1. The molecule has 1 aromatic heterocycles. The number of hydrogen-bond acceptors (Lipinski definition) is 2. The average Bonchev–Trinajstić information content (AvgIpc) is 2.58. The molecule has 0 bridgehead atoms. The highest BCUT2D eigenvalue weighted by Gasteiger charge is 1.98. The summed E-state index contributed by atoms with van der Waals surface area (Å²) in [6.07, 6.45) is 1.75. The molecule has 0 aliphatic rings. The lowest BCUT2D eigenvalue weighted by molar-refractivity contribution is 0.621. The Bertz CT molecular complexity index is 332. The number of guanidine groups is 1. The Kier molecular flexibility index (Phi) is 7.11. The first kappa shape index (κ1) is 15.2. The second-order valence-electron chi connectivity index (χ2n) is 3.92. The minimum atomic E-state index is 0. The normalized spacial score (nSPS) is 11.4. The van der Waals surface area contributed by atoms with E-state index in [2.05, 4.69) is 29.3 Å². The Morgan fingerprint density at radius 2 is 2.31 bits per heavy atom. The van der Waals surface area contributed by atoms with Gasteiger partial charge in [-0.05, 0) is 12.0 Å². The van der Waals surface area contributed by atoms with Crippen molar-refractivity contribution in [1.29, 1.82) is 0 Å². The van der Waals surface area contributed by atoms with Crippen LogP contribution in [0.25, 0.3) is 0 Å². The van der Waals surface area contributed by atoms with Crippen LogP contribution in [0, 0.1) is 5.92 Å². The van der Waals surface area contributed by atoms with Gasteiger partial charge in [0.15, 0.2) is 5.96 Å². The van der Waals surface area contributed by atoms with E-state index in [9.17, 15) is 0 Å². The van der Waals surface area contributed by atoms with Crippen LogP contribution in [0.4, 0.5) is 0 Å². The van der Waals surface area contributed by atoms with Crippen LogP contribution in [0.3, 0.4) is 0 Å². The molecule has 0 spiro atoms. The highest BCUT2D eigenvalue weighted by Crippen LogP contribution is 1.97. The number of nitrogens with zero attached hydrogens (tertiary/aromatic N) is 3. The lowest BCUT2D eigenvalue weighted by atomic mass is 10.2. The van der Waals surface area contributed by atoms with Crippen molar-refractivity contribution >= 4 is 29.9 Å². The Morgan fingerprint density at radius 1 is 1.62 bits per heavy atom. The van der Waals surface area contributed by atoms with Crippen molar-refractivity contribution < 1.29 is 0 Å². The SMILES string of the molecule is CC(C)CNC(N)=NCc1ccnn1C.I. The van der Waals surface area contributed by atoms with Gasteiger partial charge < -0.3 is 11.1 Å². The van der Waals surface area contributed by atoms with Gasteiger partial charge in [0.1, 0.15) is 0 Å². The lowest BCUT2D eigenvalue weighted by Gasteiger charge is -2.07. The van der Waals surface area contributed by atoms with Gasteiger partial charge in [0.25, 0.3) is 0 Å². The Labute approximate surface area is 114 Å². The van der Waals surface area contributed by atoms with Gasteiger partial charge >= 0.3 is 0 Å². The van der Waals surface area contributed by atoms with E-state index in [1.165, 1.54) is 0 Å². The molecule has 1 aromatic rings. The van der Waals surface area contributed by atoms with E-state index in [0.717, 1.165) is 12.2 Å². The molecule has 0 atom stereocenters. The lowest BCUT2D eigenvalue weighted by Crippen LogP contribution is -2.34. The molecule has 0 amide bonds. The van der Waals surface area contributed by atoms with Crippen molar-refractivity contribution in [3.05, 3.63) is 18.0 Å². The zero-order valence-corrected chi connectivity index (χ0v) is 12.3. The summed E-state index contributed by atoms with van der Waals surface area (Å²) < 4.78 is 1.79. The van der Waals surface area contributed by atoms with E-state index in [0.29, 0.717) is 18.4 Å². The largest absolute Gasteiger partial charge is 0.370 e. The van der Waals surface area contributed by atoms with Gasteiger partial charge in [-0.2, -0.15) is 5.10 Å². The highest BCUT2D eigenvalue weighted by atomic mass is 127. The van der Waals surface area contributed by atoms with Crippen LogP contribution in [0.5, 0.6) is 0 Å². The van der Waals surface area contributed by atoms with Gasteiger partial charge in [-0.25, -0.2) is 4.99 Å². The zero-order valence-electron chi connectivity index (χ0n) is 9.97. The summed E-state index contributed by atoms with van der Waals surface area (Å²) >= 11 is 0. The molecule has 5 nitrogen and oxygen atoms in total. The summed E-state index contributed by atoms with van der Waals surface area (Å²) in [5, 5.41) is 7.12. The maximum absolute atomic E-state index is 5.70. The van der Waals surface area contributed by atoms with Gasteiger partial charge in [-0.3, -0.25) is 4.68 Å². The van der Waals surface area contributed by atoms with E-state index in [4.69, 9.17) is 5.73 Å². The van der Waals surface area contributed by atoms with Crippen LogP contribution < -0.4 is 11.1 Å². The van der Waals surface area contributed by atoms with Crippen LogP contribution in [0.1, 0.15) is 19.5 Å². The maximum Gasteiger partial charge on any atom is 0.188 e. The van der Waals surface area contributed by atoms with Gasteiger partial charge in [-0.1, -0.05) is 13.8 Å². The third kappa shape index (κ3) is 5.34. The molecule has 0 aliphatic carbocycles. The molecule has 1 heterocycles. The molecule has 0 radical (unpaired) electrons. The number of aliphatic imine (C=N–C) groups is 1. The van der Waals surface area contributed by atoms with Crippen molar-refractivity contribution in [3.63, 3.8) is 0 Å². The molecule has 0 unspecified atom stereocenters. The smallest absolute Gasteiger partial charge is 0.188 e. The zero-order chi connectivity index (χ0) is 11.3. The fraction of sp³-hybridized carbons (Fsp3) is 0.600.